The molecule has 0 saturated carbocycles. The van der Waals surface area contributed by atoms with Crippen LogP contribution in [0.25, 0.3) is 0 Å². The summed E-state index contributed by atoms with van der Waals surface area (Å²) >= 11 is 1.55. The van der Waals surface area contributed by atoms with Crippen molar-refractivity contribution in [2.45, 2.75) is 37.2 Å². The van der Waals surface area contributed by atoms with Crippen LogP contribution < -0.4 is 0 Å². The van der Waals surface area contributed by atoms with Crippen molar-refractivity contribution in [3.63, 3.8) is 0 Å². The van der Waals surface area contributed by atoms with Gasteiger partial charge >= 0.3 is 5.97 Å². The van der Waals surface area contributed by atoms with Gasteiger partial charge in [0.1, 0.15) is 0 Å². The summed E-state index contributed by atoms with van der Waals surface area (Å²) in [4.78, 5) is 13.9. The first kappa shape index (κ1) is 22.7. The number of benzene rings is 2. The topological polar surface area (TPSA) is 52.6 Å². The maximum Gasteiger partial charge on any atom is 0.338 e. The SMILES string of the molecule is CCOC(=O)C(CCc1ccccc1)(C[PH](=O)CSc1ccccc1)OCC. The van der Waals surface area contributed by atoms with E-state index in [4.69, 9.17) is 9.47 Å². The highest BCUT2D eigenvalue weighted by Gasteiger charge is 2.42. The average molecular weight is 421 g/mol. The monoisotopic (exact) mass is 420 g/mol. The quantitative estimate of drug-likeness (QED) is 0.266. The Labute approximate surface area is 172 Å². The number of carbonyl (C=O) groups is 1. The summed E-state index contributed by atoms with van der Waals surface area (Å²) < 4.78 is 24.2. The Balaban J connectivity index is 2.10. The van der Waals surface area contributed by atoms with Gasteiger partial charge in [0.05, 0.1) is 14.4 Å². The van der Waals surface area contributed by atoms with E-state index in [1.807, 2.05) is 67.6 Å². The first-order valence-electron chi connectivity index (χ1n) is 9.64. The molecule has 0 amide bonds. The van der Waals surface area contributed by atoms with Gasteiger partial charge < -0.3 is 14.0 Å². The third-order valence-electron chi connectivity index (χ3n) is 4.35. The summed E-state index contributed by atoms with van der Waals surface area (Å²) in [5.74, 6) is -0.407. The average Bonchev–Trinajstić information content (AvgIpc) is 2.72. The molecule has 2 aromatic carbocycles. The fourth-order valence-electron chi connectivity index (χ4n) is 3.02. The zero-order chi connectivity index (χ0) is 20.2. The van der Waals surface area contributed by atoms with Crippen molar-refractivity contribution in [2.75, 3.05) is 24.9 Å². The highest BCUT2D eigenvalue weighted by molar-refractivity contribution is 8.03. The number of aryl methyl sites for hydroxylation is 1. The van der Waals surface area contributed by atoms with Crippen molar-refractivity contribution in [3.8, 4) is 0 Å². The molecule has 4 nitrogen and oxygen atoms in total. The lowest BCUT2D eigenvalue weighted by atomic mass is 9.96. The van der Waals surface area contributed by atoms with E-state index >= 15 is 0 Å². The van der Waals surface area contributed by atoms with Crippen molar-refractivity contribution in [2.24, 2.45) is 0 Å². The van der Waals surface area contributed by atoms with Gasteiger partial charge in [0.2, 0.25) is 0 Å². The van der Waals surface area contributed by atoms with Crippen LogP contribution in [0.2, 0.25) is 0 Å². The van der Waals surface area contributed by atoms with Gasteiger partial charge in [0, 0.05) is 23.2 Å². The summed E-state index contributed by atoms with van der Waals surface area (Å²) in [6, 6.07) is 19.8. The molecule has 0 aliphatic rings. The predicted molar refractivity (Wildman–Crippen MR) is 117 cm³/mol. The standard InChI is InChI=1S/C22H29O4PS/c1-3-25-21(23)22(26-4-2,16-15-19-11-7-5-8-12-19)17-27(24)18-28-20-13-9-6-10-14-20/h5-14,27H,3-4,15-18H2,1-2H3. The van der Waals surface area contributed by atoms with Crippen LogP contribution in [0.1, 0.15) is 25.8 Å². The van der Waals surface area contributed by atoms with Crippen molar-refractivity contribution >= 4 is 25.5 Å². The number of thioether (sulfide) groups is 1. The Kier molecular flexibility index (Phi) is 9.83. The van der Waals surface area contributed by atoms with Crippen LogP contribution >= 0.6 is 19.6 Å². The van der Waals surface area contributed by atoms with Gasteiger partial charge in [0.15, 0.2) is 5.60 Å². The molecule has 0 bridgehead atoms. The molecule has 6 heteroatoms. The van der Waals surface area contributed by atoms with Crippen LogP contribution in [0.4, 0.5) is 0 Å². The maximum atomic E-state index is 12.9. The molecule has 0 radical (unpaired) electrons. The third-order valence-corrected chi connectivity index (χ3v) is 7.79. The number of carbonyl (C=O) groups excluding carboxylic acids is 1. The van der Waals surface area contributed by atoms with E-state index in [2.05, 4.69) is 0 Å². The lowest BCUT2D eigenvalue weighted by molar-refractivity contribution is -0.169. The van der Waals surface area contributed by atoms with Crippen LogP contribution in [0.5, 0.6) is 0 Å². The van der Waals surface area contributed by atoms with E-state index in [0.29, 0.717) is 24.9 Å². The summed E-state index contributed by atoms with van der Waals surface area (Å²) in [7, 11) is -2.04. The molecule has 0 saturated heterocycles. The summed E-state index contributed by atoms with van der Waals surface area (Å²) in [6.07, 6.45) is 1.33. The van der Waals surface area contributed by atoms with Crippen molar-refractivity contribution in [1.29, 1.82) is 0 Å². The Hall–Kier alpha value is -1.55. The van der Waals surface area contributed by atoms with Gasteiger partial charge in [0.25, 0.3) is 0 Å². The molecule has 0 aromatic heterocycles. The molecule has 0 aliphatic heterocycles. The number of hydrogen-bond acceptors (Lipinski definition) is 5. The zero-order valence-corrected chi connectivity index (χ0v) is 18.4. The van der Waals surface area contributed by atoms with Crippen LogP contribution in [-0.2, 0) is 25.3 Å². The number of esters is 1. The Morgan fingerprint density at radius 1 is 1.00 bits per heavy atom. The fraction of sp³-hybridized carbons (Fsp3) is 0.409. The maximum absolute atomic E-state index is 12.9. The van der Waals surface area contributed by atoms with Gasteiger partial charge in [-0.25, -0.2) is 4.79 Å². The van der Waals surface area contributed by atoms with Gasteiger partial charge in [-0.3, -0.25) is 0 Å². The second kappa shape index (κ2) is 12.1. The minimum atomic E-state index is -2.04. The molecule has 2 atom stereocenters. The van der Waals surface area contributed by atoms with Crippen molar-refractivity contribution in [1.82, 2.24) is 0 Å². The van der Waals surface area contributed by atoms with Gasteiger partial charge in [-0.15, -0.1) is 11.8 Å². The lowest BCUT2D eigenvalue weighted by Crippen LogP contribution is -2.46. The molecule has 0 fully saturated rings. The van der Waals surface area contributed by atoms with E-state index in [0.717, 1.165) is 10.5 Å². The highest BCUT2D eigenvalue weighted by Crippen LogP contribution is 2.38. The van der Waals surface area contributed by atoms with Gasteiger partial charge in [-0.2, -0.15) is 0 Å². The lowest BCUT2D eigenvalue weighted by Gasteiger charge is -2.31. The van der Waals surface area contributed by atoms with Crippen molar-refractivity contribution < 1.29 is 18.8 Å². The summed E-state index contributed by atoms with van der Waals surface area (Å²) in [6.45, 7) is 4.28. The summed E-state index contributed by atoms with van der Waals surface area (Å²) in [5.41, 5.74) is 0.441. The molecule has 152 valence electrons. The Morgan fingerprint density at radius 2 is 1.64 bits per heavy atom. The van der Waals surface area contributed by atoms with E-state index in [1.165, 1.54) is 0 Å². The van der Waals surface area contributed by atoms with Crippen LogP contribution in [0, 0.1) is 0 Å². The Bertz CT molecular complexity index is 739. The normalized spacial score (nSPS) is 14.2. The second-order valence-corrected chi connectivity index (χ2v) is 9.80. The first-order chi connectivity index (χ1) is 13.6. The molecule has 0 N–H and O–H groups in total. The van der Waals surface area contributed by atoms with Crippen LogP contribution in [-0.4, -0.2) is 36.4 Å². The van der Waals surface area contributed by atoms with Crippen LogP contribution in [0.15, 0.2) is 65.6 Å². The highest BCUT2D eigenvalue weighted by atomic mass is 32.2. The molecular formula is C22H29O4PS. The van der Waals surface area contributed by atoms with Gasteiger partial charge in [-0.05, 0) is 44.4 Å². The molecule has 0 spiro atoms. The van der Waals surface area contributed by atoms with E-state index in [-0.39, 0.29) is 12.8 Å². The van der Waals surface area contributed by atoms with Gasteiger partial charge in [-0.1, -0.05) is 48.5 Å². The van der Waals surface area contributed by atoms with E-state index in [9.17, 15) is 9.36 Å². The molecule has 2 aromatic rings. The molecule has 0 aliphatic carbocycles. The molecular weight excluding hydrogens is 391 g/mol. The molecule has 2 unspecified atom stereocenters. The zero-order valence-electron chi connectivity index (χ0n) is 16.6. The Morgan fingerprint density at radius 3 is 2.25 bits per heavy atom. The molecule has 28 heavy (non-hydrogen) atoms. The van der Waals surface area contributed by atoms with Crippen molar-refractivity contribution in [3.05, 3.63) is 66.2 Å². The van der Waals surface area contributed by atoms with E-state index in [1.54, 1.807) is 18.7 Å². The predicted octanol–water partition coefficient (Wildman–Crippen LogP) is 5.27. The largest absolute Gasteiger partial charge is 0.464 e. The first-order valence-corrected chi connectivity index (χ1v) is 12.4. The molecule has 2 rings (SSSR count). The number of ether oxygens (including phenoxy) is 2. The van der Waals surface area contributed by atoms with Crippen LogP contribution in [0.3, 0.4) is 0 Å². The fourth-order valence-corrected chi connectivity index (χ4v) is 6.15. The minimum Gasteiger partial charge on any atom is -0.464 e. The smallest absolute Gasteiger partial charge is 0.338 e. The molecule has 0 heterocycles. The minimum absolute atomic E-state index is 0.205. The second-order valence-electron chi connectivity index (χ2n) is 6.45. The third kappa shape index (κ3) is 7.12. The number of hydrogen-bond donors (Lipinski definition) is 0. The van der Waals surface area contributed by atoms with E-state index < -0.39 is 19.4 Å². The number of rotatable bonds is 12. The summed E-state index contributed by atoms with van der Waals surface area (Å²) in [5, 5.41) is 0.